The molecule has 0 bridgehead atoms. The molecule has 3 heterocycles. The zero-order chi connectivity index (χ0) is 22.1. The highest BCUT2D eigenvalue weighted by molar-refractivity contribution is 6.28. The fourth-order valence-corrected chi connectivity index (χ4v) is 4.06. The third-order valence-corrected chi connectivity index (χ3v) is 5.58. The fourth-order valence-electron chi connectivity index (χ4n) is 4.06. The van der Waals surface area contributed by atoms with Crippen LogP contribution >= 0.6 is 0 Å². The maximum absolute atomic E-state index is 12.7. The van der Waals surface area contributed by atoms with Gasteiger partial charge in [0.15, 0.2) is 0 Å². The summed E-state index contributed by atoms with van der Waals surface area (Å²) < 4.78 is 11.6. The lowest BCUT2D eigenvalue weighted by molar-refractivity contribution is -0.141. The van der Waals surface area contributed by atoms with Crippen LogP contribution in [-0.4, -0.2) is 21.5 Å². The molecule has 0 atom stereocenters. The highest BCUT2D eigenvalue weighted by atomic mass is 16.6. The Morgan fingerprint density at radius 2 is 1.62 bits per heavy atom. The normalized spacial score (nSPS) is 15.1. The molecule has 2 aromatic heterocycles. The molecule has 5 heteroatoms. The topological polar surface area (TPSA) is 61.3 Å². The van der Waals surface area contributed by atoms with Gasteiger partial charge in [-0.3, -0.25) is 4.98 Å². The summed E-state index contributed by atoms with van der Waals surface area (Å²) in [7, 11) is 0. The van der Waals surface area contributed by atoms with E-state index in [-0.39, 0.29) is 5.97 Å². The van der Waals surface area contributed by atoms with Gasteiger partial charge in [0.25, 0.3) is 0 Å². The van der Waals surface area contributed by atoms with Gasteiger partial charge < -0.3 is 9.47 Å². The molecule has 0 saturated carbocycles. The molecular formula is C27H22N2O3. The second-order valence-corrected chi connectivity index (χ2v) is 8.21. The summed E-state index contributed by atoms with van der Waals surface area (Å²) in [5, 5.41) is 1.08. The molecular weight excluding hydrogens is 400 g/mol. The molecule has 0 aliphatic carbocycles. The van der Waals surface area contributed by atoms with E-state index in [1.54, 1.807) is 12.4 Å². The van der Waals surface area contributed by atoms with Gasteiger partial charge in [0.1, 0.15) is 12.2 Å². The van der Waals surface area contributed by atoms with Crippen molar-refractivity contribution < 1.29 is 14.3 Å². The number of carbonyl (C=O) groups is 1. The van der Waals surface area contributed by atoms with Gasteiger partial charge in [-0.2, -0.15) is 0 Å². The largest absolute Gasteiger partial charge is 0.473 e. The number of aromatic nitrogens is 2. The van der Waals surface area contributed by atoms with E-state index < -0.39 is 5.60 Å². The molecule has 0 unspecified atom stereocenters. The minimum Gasteiger partial charge on any atom is -0.473 e. The maximum atomic E-state index is 12.7. The third kappa shape index (κ3) is 3.73. The van der Waals surface area contributed by atoms with Crippen LogP contribution in [0.5, 0.6) is 5.88 Å². The number of cyclic esters (lactones) is 1. The van der Waals surface area contributed by atoms with Crippen LogP contribution in [0.4, 0.5) is 0 Å². The Kier molecular flexibility index (Phi) is 4.94. The number of ether oxygens (including phenoxy) is 2. The van der Waals surface area contributed by atoms with E-state index >= 15 is 0 Å². The third-order valence-electron chi connectivity index (χ3n) is 5.58. The first-order chi connectivity index (χ1) is 15.5. The highest BCUT2D eigenvalue weighted by Crippen LogP contribution is 2.43. The molecule has 1 aliphatic heterocycles. The van der Waals surface area contributed by atoms with Crippen LogP contribution in [0.2, 0.25) is 0 Å². The molecule has 0 radical (unpaired) electrons. The Morgan fingerprint density at radius 3 is 2.41 bits per heavy atom. The van der Waals surface area contributed by atoms with Gasteiger partial charge in [0.2, 0.25) is 5.88 Å². The van der Waals surface area contributed by atoms with E-state index in [0.717, 1.165) is 33.2 Å². The molecule has 0 N–H and O–H groups in total. The van der Waals surface area contributed by atoms with Crippen LogP contribution in [0.15, 0.2) is 85.2 Å². The zero-order valence-corrected chi connectivity index (χ0v) is 17.9. The van der Waals surface area contributed by atoms with Crippen molar-refractivity contribution in [2.45, 2.75) is 26.1 Å². The van der Waals surface area contributed by atoms with Gasteiger partial charge in [-0.05, 0) is 54.8 Å². The average molecular weight is 422 g/mol. The van der Waals surface area contributed by atoms with Gasteiger partial charge in [-0.25, -0.2) is 9.78 Å². The van der Waals surface area contributed by atoms with E-state index in [4.69, 9.17) is 9.47 Å². The van der Waals surface area contributed by atoms with Crippen molar-refractivity contribution >= 4 is 28.0 Å². The van der Waals surface area contributed by atoms with Gasteiger partial charge >= 0.3 is 5.97 Å². The number of hydrogen-bond acceptors (Lipinski definition) is 5. The average Bonchev–Trinajstić information content (AvgIpc) is 3.06. The highest BCUT2D eigenvalue weighted by Gasteiger charge is 2.41. The number of benzene rings is 2. The van der Waals surface area contributed by atoms with Gasteiger partial charge in [0, 0.05) is 29.4 Å². The number of rotatable bonds is 5. The Labute approximate surface area is 186 Å². The molecule has 0 spiro atoms. The molecule has 4 aromatic rings. The molecule has 5 nitrogen and oxygen atoms in total. The van der Waals surface area contributed by atoms with E-state index in [2.05, 4.69) is 9.97 Å². The van der Waals surface area contributed by atoms with Crippen molar-refractivity contribution in [2.75, 3.05) is 0 Å². The standard InChI is InChI=1S/C27H22N2O3/c1-27(2)25(21-13-15-28-16-14-21)24(26(30)32-27)20-9-7-18(8-10-20)17-31-23-12-11-19-5-3-4-6-22(19)29-23/h3-16H,17H2,1-2H3. The number of para-hydroxylation sites is 1. The van der Waals surface area contributed by atoms with Crippen LogP contribution in [0.1, 0.15) is 30.5 Å². The predicted octanol–water partition coefficient (Wildman–Crippen LogP) is 5.46. The van der Waals surface area contributed by atoms with Crippen molar-refractivity contribution in [3.8, 4) is 5.88 Å². The number of nitrogens with zero attached hydrogens (tertiary/aromatic N) is 2. The summed E-state index contributed by atoms with van der Waals surface area (Å²) in [5.74, 6) is 0.266. The molecule has 0 amide bonds. The lowest BCUT2D eigenvalue weighted by Crippen LogP contribution is -2.22. The first-order valence-electron chi connectivity index (χ1n) is 10.5. The second kappa shape index (κ2) is 7.93. The molecule has 0 saturated heterocycles. The lowest BCUT2D eigenvalue weighted by atomic mass is 9.87. The van der Waals surface area contributed by atoms with Crippen molar-refractivity contribution in [3.05, 3.63) is 102 Å². The summed E-state index contributed by atoms with van der Waals surface area (Å²) >= 11 is 0. The predicted molar refractivity (Wildman–Crippen MR) is 124 cm³/mol. The monoisotopic (exact) mass is 422 g/mol. The molecule has 5 rings (SSSR count). The van der Waals surface area contributed by atoms with E-state index in [0.29, 0.717) is 18.1 Å². The number of esters is 1. The van der Waals surface area contributed by atoms with Crippen molar-refractivity contribution in [1.82, 2.24) is 9.97 Å². The van der Waals surface area contributed by atoms with Crippen LogP contribution in [0.25, 0.3) is 22.0 Å². The van der Waals surface area contributed by atoms with E-state index in [1.807, 2.05) is 86.6 Å². The number of fused-ring (bicyclic) bond motifs is 1. The minimum absolute atomic E-state index is 0.314. The number of hydrogen-bond donors (Lipinski definition) is 0. The van der Waals surface area contributed by atoms with Crippen LogP contribution in [0.3, 0.4) is 0 Å². The Bertz CT molecular complexity index is 1330. The quantitative estimate of drug-likeness (QED) is 0.400. The van der Waals surface area contributed by atoms with Crippen LogP contribution in [-0.2, 0) is 16.1 Å². The van der Waals surface area contributed by atoms with Gasteiger partial charge in [-0.15, -0.1) is 0 Å². The number of carbonyl (C=O) groups excluding carboxylic acids is 1. The van der Waals surface area contributed by atoms with Crippen molar-refractivity contribution in [1.29, 1.82) is 0 Å². The summed E-state index contributed by atoms with van der Waals surface area (Å²) in [6, 6.07) is 23.4. The molecule has 32 heavy (non-hydrogen) atoms. The molecule has 158 valence electrons. The second-order valence-electron chi connectivity index (χ2n) is 8.21. The first-order valence-corrected chi connectivity index (χ1v) is 10.5. The lowest BCUT2D eigenvalue weighted by Gasteiger charge is -2.21. The summed E-state index contributed by atoms with van der Waals surface area (Å²) in [4.78, 5) is 21.4. The van der Waals surface area contributed by atoms with Crippen molar-refractivity contribution in [3.63, 3.8) is 0 Å². The smallest absolute Gasteiger partial charge is 0.340 e. The van der Waals surface area contributed by atoms with Crippen LogP contribution in [0, 0.1) is 0 Å². The summed E-state index contributed by atoms with van der Waals surface area (Å²) in [5.41, 5.74) is 4.38. The van der Waals surface area contributed by atoms with Crippen molar-refractivity contribution in [2.24, 2.45) is 0 Å². The number of pyridine rings is 2. The summed E-state index contributed by atoms with van der Waals surface area (Å²) in [6.45, 7) is 4.21. The molecule has 1 aliphatic rings. The van der Waals surface area contributed by atoms with Crippen LogP contribution < -0.4 is 4.74 Å². The zero-order valence-electron chi connectivity index (χ0n) is 17.9. The fraction of sp³-hybridized carbons (Fsp3) is 0.148. The first kappa shape index (κ1) is 19.9. The van der Waals surface area contributed by atoms with Gasteiger partial charge in [0.05, 0.1) is 11.1 Å². The Hall–Kier alpha value is -3.99. The Balaban J connectivity index is 1.40. The van der Waals surface area contributed by atoms with E-state index in [9.17, 15) is 4.79 Å². The molecule has 0 fully saturated rings. The minimum atomic E-state index is -0.711. The SMILES string of the molecule is CC1(C)OC(=O)C(c2ccc(COc3ccc4ccccc4n3)cc2)=C1c1ccncc1. The summed E-state index contributed by atoms with van der Waals surface area (Å²) in [6.07, 6.45) is 3.44. The molecule has 2 aromatic carbocycles. The van der Waals surface area contributed by atoms with Gasteiger partial charge in [-0.1, -0.05) is 42.5 Å². The Morgan fingerprint density at radius 1 is 0.875 bits per heavy atom. The van der Waals surface area contributed by atoms with E-state index in [1.165, 1.54) is 0 Å². The maximum Gasteiger partial charge on any atom is 0.340 e.